The second kappa shape index (κ2) is 10.0. The van der Waals surface area contributed by atoms with Crippen LogP contribution in [0.25, 0.3) is 91.7 Å². The zero-order valence-corrected chi connectivity index (χ0v) is 26.0. The van der Waals surface area contributed by atoms with E-state index in [0.717, 1.165) is 64.7 Å². The molecule has 0 amide bonds. The number of para-hydroxylation sites is 3. The molecule has 0 atom stereocenters. The maximum Gasteiger partial charge on any atom is 0.196 e. The lowest BCUT2D eigenvalue weighted by Gasteiger charge is -2.10. The van der Waals surface area contributed by atoms with Crippen molar-refractivity contribution in [2.24, 2.45) is 0 Å². The van der Waals surface area contributed by atoms with Gasteiger partial charge in [-0.3, -0.25) is 4.79 Å². The van der Waals surface area contributed by atoms with Crippen LogP contribution in [0, 0.1) is 0 Å². The number of nitrogens with one attached hydrogen (secondary N) is 1. The van der Waals surface area contributed by atoms with E-state index in [1.807, 2.05) is 12.1 Å². The van der Waals surface area contributed by atoms with E-state index in [2.05, 4.69) is 149 Å². The van der Waals surface area contributed by atoms with Crippen LogP contribution in [0.1, 0.15) is 0 Å². The molecular weight excluding hydrogens is 593 g/mol. The van der Waals surface area contributed by atoms with E-state index in [1.54, 1.807) is 11.3 Å². The minimum atomic E-state index is 0.0785. The Bertz CT molecular complexity index is 2930. The average molecular weight is 619 g/mol. The molecule has 0 saturated heterocycles. The Balaban J connectivity index is 1.14. The van der Waals surface area contributed by atoms with E-state index < -0.39 is 0 Å². The highest BCUT2D eigenvalue weighted by atomic mass is 32.1. The van der Waals surface area contributed by atoms with Gasteiger partial charge in [-0.2, -0.15) is 0 Å². The summed E-state index contributed by atoms with van der Waals surface area (Å²) in [5.41, 5.74) is 10.1. The van der Waals surface area contributed by atoms with Gasteiger partial charge >= 0.3 is 0 Å². The summed E-state index contributed by atoms with van der Waals surface area (Å²) in [5, 5.41) is 6.34. The van der Waals surface area contributed by atoms with Gasteiger partial charge in [0.1, 0.15) is 0 Å². The van der Waals surface area contributed by atoms with Crippen LogP contribution in [0.4, 0.5) is 0 Å². The molecule has 1 N–H and O–H groups in total. The molecule has 0 aliphatic carbocycles. The van der Waals surface area contributed by atoms with Crippen LogP contribution < -0.4 is 5.43 Å². The van der Waals surface area contributed by atoms with Gasteiger partial charge in [-0.1, -0.05) is 84.9 Å². The number of nitrogens with zero attached hydrogens (tertiary/aromatic N) is 1. The molecule has 7 aromatic carbocycles. The molecule has 0 aliphatic rings. The van der Waals surface area contributed by atoms with Crippen LogP contribution in [-0.2, 0) is 0 Å². The highest BCUT2D eigenvalue weighted by Gasteiger charge is 2.16. The monoisotopic (exact) mass is 618 g/mol. The van der Waals surface area contributed by atoms with E-state index >= 15 is 0 Å². The molecule has 0 saturated carbocycles. The molecule has 47 heavy (non-hydrogen) atoms. The molecule has 0 aliphatic heterocycles. The summed E-state index contributed by atoms with van der Waals surface area (Å²) in [6.45, 7) is 0. The Kier molecular flexibility index (Phi) is 5.60. The van der Waals surface area contributed by atoms with E-state index in [-0.39, 0.29) is 5.43 Å². The molecule has 10 aromatic rings. The normalized spacial score (nSPS) is 11.9. The van der Waals surface area contributed by atoms with Gasteiger partial charge in [0.05, 0.1) is 11.0 Å². The van der Waals surface area contributed by atoms with Crippen molar-refractivity contribution in [2.45, 2.75) is 0 Å². The highest BCUT2D eigenvalue weighted by Crippen LogP contribution is 2.38. The summed E-state index contributed by atoms with van der Waals surface area (Å²) in [7, 11) is 0. The SMILES string of the molecule is O=c1c2ccc(-c3ccc4[nH]c5ccccc5c4c3)cc2sc2cccc(-c3ccc4c(c3)c3ccccc3n4-c3ccccc3)c12. The summed E-state index contributed by atoms with van der Waals surface area (Å²) in [6.07, 6.45) is 0. The van der Waals surface area contributed by atoms with E-state index in [9.17, 15) is 4.79 Å². The quantitative estimate of drug-likeness (QED) is 0.197. The summed E-state index contributed by atoms with van der Waals surface area (Å²) in [5.74, 6) is 0. The van der Waals surface area contributed by atoms with Gasteiger partial charge in [0, 0.05) is 58.4 Å². The molecule has 0 spiro atoms. The third kappa shape index (κ3) is 3.95. The number of hydrogen-bond acceptors (Lipinski definition) is 2. The number of benzene rings is 7. The van der Waals surface area contributed by atoms with Crippen molar-refractivity contribution >= 4 is 75.1 Å². The topological polar surface area (TPSA) is 37.8 Å². The molecule has 4 heteroatoms. The maximum absolute atomic E-state index is 14.3. The minimum absolute atomic E-state index is 0.0785. The maximum atomic E-state index is 14.3. The van der Waals surface area contributed by atoms with Crippen LogP contribution in [0.5, 0.6) is 0 Å². The molecule has 10 rings (SSSR count). The summed E-state index contributed by atoms with van der Waals surface area (Å²) in [6, 6.07) is 53.1. The first-order valence-corrected chi connectivity index (χ1v) is 16.6. The zero-order chi connectivity index (χ0) is 31.1. The minimum Gasteiger partial charge on any atom is -0.355 e. The highest BCUT2D eigenvalue weighted by molar-refractivity contribution is 7.24. The number of hydrogen-bond donors (Lipinski definition) is 1. The van der Waals surface area contributed by atoms with Crippen molar-refractivity contribution in [1.82, 2.24) is 9.55 Å². The lowest BCUT2D eigenvalue weighted by atomic mass is 9.98. The first-order valence-electron chi connectivity index (χ1n) is 15.8. The van der Waals surface area contributed by atoms with Crippen LogP contribution in [-0.4, -0.2) is 9.55 Å². The Morgan fingerprint density at radius 2 is 1.17 bits per heavy atom. The fourth-order valence-electron chi connectivity index (χ4n) is 7.34. The lowest BCUT2D eigenvalue weighted by molar-refractivity contribution is 1.18. The Morgan fingerprint density at radius 1 is 0.468 bits per heavy atom. The van der Waals surface area contributed by atoms with Crippen LogP contribution in [0.2, 0.25) is 0 Å². The van der Waals surface area contributed by atoms with E-state index in [1.165, 1.54) is 27.1 Å². The number of aromatic amines is 1. The van der Waals surface area contributed by atoms with E-state index in [4.69, 9.17) is 0 Å². The van der Waals surface area contributed by atoms with Crippen molar-refractivity contribution in [3.63, 3.8) is 0 Å². The zero-order valence-electron chi connectivity index (χ0n) is 25.2. The Hall–Kier alpha value is -5.97. The predicted molar refractivity (Wildman–Crippen MR) is 200 cm³/mol. The summed E-state index contributed by atoms with van der Waals surface area (Å²) < 4.78 is 4.31. The number of H-pyrrole nitrogens is 1. The summed E-state index contributed by atoms with van der Waals surface area (Å²) >= 11 is 1.69. The first kappa shape index (κ1) is 26.3. The molecule has 0 fully saturated rings. The predicted octanol–water partition coefficient (Wildman–Crippen LogP) is 11.5. The average Bonchev–Trinajstić information content (AvgIpc) is 3.66. The second-order valence-corrected chi connectivity index (χ2v) is 13.3. The van der Waals surface area contributed by atoms with Gasteiger partial charge < -0.3 is 9.55 Å². The van der Waals surface area contributed by atoms with Gasteiger partial charge in [0.15, 0.2) is 5.43 Å². The third-order valence-electron chi connectivity index (χ3n) is 9.54. The summed E-state index contributed by atoms with van der Waals surface area (Å²) in [4.78, 5) is 17.8. The number of aromatic nitrogens is 2. The molecular formula is C43H26N2OS. The fraction of sp³-hybridized carbons (Fsp3) is 0. The molecule has 0 unspecified atom stereocenters. The molecule has 3 aromatic heterocycles. The lowest BCUT2D eigenvalue weighted by Crippen LogP contribution is -2.03. The van der Waals surface area contributed by atoms with Crippen molar-refractivity contribution in [1.29, 1.82) is 0 Å². The van der Waals surface area contributed by atoms with Gasteiger partial charge in [-0.15, -0.1) is 11.3 Å². The largest absolute Gasteiger partial charge is 0.355 e. The first-order chi connectivity index (χ1) is 23.2. The van der Waals surface area contributed by atoms with Crippen molar-refractivity contribution in [3.8, 4) is 27.9 Å². The van der Waals surface area contributed by atoms with Crippen molar-refractivity contribution in [2.75, 3.05) is 0 Å². The Morgan fingerprint density at radius 3 is 2.09 bits per heavy atom. The van der Waals surface area contributed by atoms with Gasteiger partial charge in [0.2, 0.25) is 0 Å². The molecule has 0 bridgehead atoms. The van der Waals surface area contributed by atoms with Crippen molar-refractivity contribution in [3.05, 3.63) is 162 Å². The number of fused-ring (bicyclic) bond motifs is 8. The molecule has 3 heterocycles. The van der Waals surface area contributed by atoms with Gasteiger partial charge in [-0.25, -0.2) is 0 Å². The van der Waals surface area contributed by atoms with Crippen molar-refractivity contribution < 1.29 is 0 Å². The Labute approximate surface area is 273 Å². The third-order valence-corrected chi connectivity index (χ3v) is 10.7. The smallest absolute Gasteiger partial charge is 0.196 e. The standard InChI is InChI=1S/C43H26N2OS/c46-43-33-20-17-27(26-18-21-37-34(23-26)31-11-4-6-14-36(31)44-37)25-41(33)47-40-16-8-13-30(42(40)43)28-19-22-39-35(24-28)32-12-5-7-15-38(32)45(39)29-9-2-1-3-10-29/h1-25,44H. The second-order valence-electron chi connectivity index (χ2n) is 12.2. The van der Waals surface area contributed by atoms with Gasteiger partial charge in [0.25, 0.3) is 0 Å². The molecule has 220 valence electrons. The van der Waals surface area contributed by atoms with Gasteiger partial charge in [-0.05, 0) is 89.0 Å². The molecule has 3 nitrogen and oxygen atoms in total. The molecule has 0 radical (unpaired) electrons. The van der Waals surface area contributed by atoms with Crippen LogP contribution in [0.3, 0.4) is 0 Å². The fourth-order valence-corrected chi connectivity index (χ4v) is 8.49. The van der Waals surface area contributed by atoms with Crippen LogP contribution >= 0.6 is 11.3 Å². The number of rotatable bonds is 3. The van der Waals surface area contributed by atoms with E-state index in [0.29, 0.717) is 0 Å². The van der Waals surface area contributed by atoms with Crippen LogP contribution in [0.15, 0.2) is 156 Å².